The quantitative estimate of drug-likeness (QED) is 0.321. The Hall–Kier alpha value is -2.61. The summed E-state index contributed by atoms with van der Waals surface area (Å²) < 4.78 is 10.2. The van der Waals surface area contributed by atoms with Crippen molar-refractivity contribution in [2.75, 3.05) is 0 Å². The van der Waals surface area contributed by atoms with Gasteiger partial charge in [-0.25, -0.2) is 4.79 Å². The summed E-state index contributed by atoms with van der Waals surface area (Å²) >= 11 is 0. The lowest BCUT2D eigenvalue weighted by Crippen LogP contribution is -2.39. The molecule has 0 saturated heterocycles. The predicted molar refractivity (Wildman–Crippen MR) is 144 cm³/mol. The molecule has 1 amide bonds. The maximum Gasteiger partial charge on any atom is 0.407 e. The average molecular weight is 521 g/mol. The molecular formula is C29H48N2O6. The van der Waals surface area contributed by atoms with Crippen LogP contribution in [-0.4, -0.2) is 34.8 Å². The van der Waals surface area contributed by atoms with Gasteiger partial charge in [0.15, 0.2) is 0 Å². The van der Waals surface area contributed by atoms with E-state index < -0.39 is 36.1 Å². The van der Waals surface area contributed by atoms with Crippen molar-refractivity contribution < 1.29 is 29.0 Å². The maximum absolute atomic E-state index is 11.8. The normalized spacial score (nSPS) is 17.3. The van der Waals surface area contributed by atoms with Crippen LogP contribution in [0.4, 0.5) is 4.79 Å². The van der Waals surface area contributed by atoms with E-state index in [4.69, 9.17) is 14.6 Å². The summed E-state index contributed by atoms with van der Waals surface area (Å²) in [5.41, 5.74) is 0.119. The van der Waals surface area contributed by atoms with Gasteiger partial charge in [-0.1, -0.05) is 94.5 Å². The summed E-state index contributed by atoms with van der Waals surface area (Å²) in [6.45, 7) is 5.18. The molecule has 0 aliphatic heterocycles. The van der Waals surface area contributed by atoms with Crippen LogP contribution in [0.2, 0.25) is 0 Å². The molecule has 1 atom stereocenters. The standard InChI is InChI=1S/C17H23NO6.C12H22.H3N/c1-17(2,3)24-15(21)10-13(9-14(19)20)18-16(22)23-11-12-7-5-4-6-8-12;1-3-7-11(8-4-1)12-9-5-2-6-10-12;/h4-8,13H,9-11H2,1-3H3,(H,18,22)(H,19,20);11-12H,1-10H2;1H3/t13-;;/m1../s1. The van der Waals surface area contributed by atoms with Gasteiger partial charge in [-0.3, -0.25) is 9.59 Å². The van der Waals surface area contributed by atoms with Crippen LogP contribution < -0.4 is 11.5 Å². The minimum absolute atomic E-state index is 0. The van der Waals surface area contributed by atoms with Crippen LogP contribution in [0.25, 0.3) is 0 Å². The molecule has 2 saturated carbocycles. The Morgan fingerprint density at radius 3 is 1.86 bits per heavy atom. The lowest BCUT2D eigenvalue weighted by atomic mass is 9.73. The minimum Gasteiger partial charge on any atom is -0.481 e. The summed E-state index contributed by atoms with van der Waals surface area (Å²) in [7, 11) is 0. The van der Waals surface area contributed by atoms with E-state index in [0.717, 1.165) is 17.4 Å². The van der Waals surface area contributed by atoms with E-state index in [9.17, 15) is 14.4 Å². The van der Waals surface area contributed by atoms with Crippen LogP contribution >= 0.6 is 0 Å². The van der Waals surface area contributed by atoms with Crippen LogP contribution in [0.1, 0.15) is 103 Å². The first-order valence-electron chi connectivity index (χ1n) is 13.5. The molecule has 0 radical (unpaired) electrons. The summed E-state index contributed by atoms with van der Waals surface area (Å²) in [4.78, 5) is 34.5. The second-order valence-electron chi connectivity index (χ2n) is 11.1. The molecule has 0 spiro atoms. The Labute approximate surface area is 222 Å². The first kappa shape index (κ1) is 32.4. The van der Waals surface area contributed by atoms with Crippen molar-refractivity contribution in [3.63, 3.8) is 0 Å². The molecular weight excluding hydrogens is 472 g/mol. The number of carboxylic acids is 1. The zero-order chi connectivity index (χ0) is 26.4. The van der Waals surface area contributed by atoms with E-state index in [-0.39, 0.29) is 19.2 Å². The minimum atomic E-state index is -1.13. The van der Waals surface area contributed by atoms with Gasteiger partial charge in [-0.2, -0.15) is 0 Å². The smallest absolute Gasteiger partial charge is 0.407 e. The Kier molecular flexibility index (Phi) is 14.9. The number of carbonyl (C=O) groups excluding carboxylic acids is 2. The number of carboxylic acid groups (broad SMARTS) is 1. The van der Waals surface area contributed by atoms with Crippen molar-refractivity contribution in [2.45, 2.75) is 116 Å². The molecule has 8 nitrogen and oxygen atoms in total. The second kappa shape index (κ2) is 17.0. The molecule has 0 heterocycles. The molecule has 0 bridgehead atoms. The molecule has 0 aromatic heterocycles. The number of carbonyl (C=O) groups is 3. The van der Waals surface area contributed by atoms with Gasteiger partial charge in [0.2, 0.25) is 0 Å². The van der Waals surface area contributed by atoms with Crippen molar-refractivity contribution in [2.24, 2.45) is 11.8 Å². The lowest BCUT2D eigenvalue weighted by molar-refractivity contribution is -0.155. The number of nitrogens with one attached hydrogen (secondary N) is 1. The van der Waals surface area contributed by atoms with Gasteiger partial charge < -0.3 is 26.0 Å². The van der Waals surface area contributed by atoms with Gasteiger partial charge in [0.25, 0.3) is 0 Å². The summed E-state index contributed by atoms with van der Waals surface area (Å²) in [6.07, 6.45) is 14.0. The first-order valence-corrected chi connectivity index (χ1v) is 13.5. The van der Waals surface area contributed by atoms with Crippen molar-refractivity contribution in [1.29, 1.82) is 0 Å². The molecule has 1 aromatic carbocycles. The van der Waals surface area contributed by atoms with E-state index in [0.29, 0.717) is 0 Å². The van der Waals surface area contributed by atoms with Crippen LogP contribution in [0, 0.1) is 11.8 Å². The van der Waals surface area contributed by atoms with Crippen LogP contribution in [0.3, 0.4) is 0 Å². The number of hydrogen-bond donors (Lipinski definition) is 3. The van der Waals surface area contributed by atoms with Crippen LogP contribution in [0.15, 0.2) is 30.3 Å². The number of rotatable bonds is 8. The Morgan fingerprint density at radius 1 is 0.892 bits per heavy atom. The van der Waals surface area contributed by atoms with E-state index >= 15 is 0 Å². The summed E-state index contributed by atoms with van der Waals surface area (Å²) in [6, 6.07) is 8.15. The van der Waals surface area contributed by atoms with Gasteiger partial charge in [-0.05, 0) is 38.2 Å². The van der Waals surface area contributed by atoms with Gasteiger partial charge in [0.1, 0.15) is 12.2 Å². The zero-order valence-electron chi connectivity index (χ0n) is 23.0. The number of amides is 1. The number of hydrogen-bond acceptors (Lipinski definition) is 6. The van der Waals surface area contributed by atoms with Gasteiger partial charge in [0.05, 0.1) is 18.9 Å². The molecule has 2 fully saturated rings. The number of benzene rings is 1. The third-order valence-electron chi connectivity index (χ3n) is 6.76. The maximum atomic E-state index is 11.8. The van der Waals surface area contributed by atoms with E-state index in [1.165, 1.54) is 38.5 Å². The van der Waals surface area contributed by atoms with Crippen LogP contribution in [0.5, 0.6) is 0 Å². The molecule has 8 heteroatoms. The Morgan fingerprint density at radius 2 is 1.41 bits per heavy atom. The summed E-state index contributed by atoms with van der Waals surface area (Å²) in [5, 5.41) is 11.3. The molecule has 3 rings (SSSR count). The fraction of sp³-hybridized carbons (Fsp3) is 0.690. The number of esters is 1. The predicted octanol–water partition coefficient (Wildman–Crippen LogP) is 6.80. The SMILES string of the molecule is C1CCC(C2CCCCC2)CC1.CC(C)(C)OC(=O)C[C@@H](CC(=O)O)NC(=O)OCc1ccccc1.N. The largest absolute Gasteiger partial charge is 0.481 e. The van der Waals surface area contributed by atoms with Crippen molar-refractivity contribution >= 4 is 18.0 Å². The van der Waals surface area contributed by atoms with E-state index in [1.807, 2.05) is 18.2 Å². The van der Waals surface area contributed by atoms with Gasteiger partial charge >= 0.3 is 18.0 Å². The molecule has 0 unspecified atom stereocenters. The first-order chi connectivity index (χ1) is 17.1. The third-order valence-corrected chi connectivity index (χ3v) is 6.76. The van der Waals surface area contributed by atoms with Crippen molar-refractivity contribution in [3.8, 4) is 0 Å². The highest BCUT2D eigenvalue weighted by molar-refractivity contribution is 5.76. The van der Waals surface area contributed by atoms with Crippen molar-refractivity contribution in [1.82, 2.24) is 11.5 Å². The number of ether oxygens (including phenoxy) is 2. The third kappa shape index (κ3) is 14.6. The monoisotopic (exact) mass is 520 g/mol. The van der Waals surface area contributed by atoms with Crippen molar-refractivity contribution in [3.05, 3.63) is 35.9 Å². The number of aliphatic carboxylic acids is 1. The fourth-order valence-corrected chi connectivity index (χ4v) is 5.11. The number of alkyl carbamates (subject to hydrolysis) is 1. The molecule has 1 aromatic rings. The fourth-order valence-electron chi connectivity index (χ4n) is 5.11. The Bertz CT molecular complexity index is 780. The van der Waals surface area contributed by atoms with Gasteiger partial charge in [0, 0.05) is 0 Å². The highest BCUT2D eigenvalue weighted by Gasteiger charge is 2.25. The second-order valence-corrected chi connectivity index (χ2v) is 11.1. The lowest BCUT2D eigenvalue weighted by Gasteiger charge is -2.32. The Balaban J connectivity index is 0.000000438. The molecule has 37 heavy (non-hydrogen) atoms. The summed E-state index contributed by atoms with van der Waals surface area (Å²) in [5.74, 6) is 0.558. The molecule has 2 aliphatic rings. The van der Waals surface area contributed by atoms with E-state index in [1.54, 1.807) is 58.6 Å². The molecule has 2 aliphatic carbocycles. The molecule has 210 valence electrons. The zero-order valence-corrected chi connectivity index (χ0v) is 23.0. The van der Waals surface area contributed by atoms with E-state index in [2.05, 4.69) is 5.32 Å². The highest BCUT2D eigenvalue weighted by atomic mass is 16.6. The average Bonchev–Trinajstić information content (AvgIpc) is 2.83. The van der Waals surface area contributed by atoms with Crippen LogP contribution in [-0.2, 0) is 25.7 Å². The topological polar surface area (TPSA) is 137 Å². The van der Waals surface area contributed by atoms with Gasteiger partial charge in [-0.15, -0.1) is 0 Å². The highest BCUT2D eigenvalue weighted by Crippen LogP contribution is 2.37. The molecule has 5 N–H and O–H groups in total.